The predicted octanol–water partition coefficient (Wildman–Crippen LogP) is 0.741. The number of carbonyl (C=O) groups is 1. The van der Waals surface area contributed by atoms with Crippen LogP contribution in [-0.2, 0) is 4.79 Å². The molecule has 1 rings (SSSR count). The van der Waals surface area contributed by atoms with Crippen molar-refractivity contribution in [2.75, 3.05) is 13.1 Å². The molecule has 1 unspecified atom stereocenters. The van der Waals surface area contributed by atoms with Crippen molar-refractivity contribution in [1.82, 2.24) is 5.32 Å². The molecule has 0 aromatic carbocycles. The fraction of sp³-hybridized carbons (Fsp3) is 0.625. The molecule has 0 aromatic rings. The monoisotopic (exact) mass is 139 g/mol. The maximum Gasteiger partial charge on any atom is 0.124 e. The Morgan fingerprint density at radius 2 is 2.60 bits per heavy atom. The molecule has 0 aliphatic carbocycles. The molecule has 10 heavy (non-hydrogen) atoms. The van der Waals surface area contributed by atoms with Crippen molar-refractivity contribution in [3.8, 4) is 0 Å². The summed E-state index contributed by atoms with van der Waals surface area (Å²) in [4.78, 5) is 10.1. The third-order valence-corrected chi connectivity index (χ3v) is 1.98. The summed E-state index contributed by atoms with van der Waals surface area (Å²) in [5, 5.41) is 3.23. The summed E-state index contributed by atoms with van der Waals surface area (Å²) in [7, 11) is 0. The van der Waals surface area contributed by atoms with Crippen LogP contribution in [0, 0.1) is 5.92 Å². The maximum absolute atomic E-state index is 10.1. The summed E-state index contributed by atoms with van der Waals surface area (Å²) in [6.45, 7) is 5.93. The SMILES string of the molecule is C=C(CC=O)C1CCNC1. The lowest BCUT2D eigenvalue weighted by Gasteiger charge is -2.07. The molecular formula is C8H13NO. The van der Waals surface area contributed by atoms with Crippen LogP contribution in [0.2, 0.25) is 0 Å². The molecule has 56 valence electrons. The molecule has 1 fully saturated rings. The van der Waals surface area contributed by atoms with Gasteiger partial charge in [0.2, 0.25) is 0 Å². The van der Waals surface area contributed by atoms with Gasteiger partial charge in [0.25, 0.3) is 0 Å². The Labute approximate surface area is 61.3 Å². The zero-order valence-corrected chi connectivity index (χ0v) is 6.10. The Balaban J connectivity index is 2.32. The smallest absolute Gasteiger partial charge is 0.124 e. The second kappa shape index (κ2) is 3.52. The molecule has 1 aliphatic rings. The van der Waals surface area contributed by atoms with E-state index in [1.54, 1.807) is 0 Å². The van der Waals surface area contributed by atoms with Gasteiger partial charge in [-0.2, -0.15) is 0 Å². The lowest BCUT2D eigenvalue weighted by atomic mass is 9.98. The van der Waals surface area contributed by atoms with Crippen molar-refractivity contribution in [3.05, 3.63) is 12.2 Å². The summed E-state index contributed by atoms with van der Waals surface area (Å²) in [6, 6.07) is 0. The predicted molar refractivity (Wildman–Crippen MR) is 40.8 cm³/mol. The summed E-state index contributed by atoms with van der Waals surface area (Å²) in [5.41, 5.74) is 1.08. The third-order valence-electron chi connectivity index (χ3n) is 1.98. The van der Waals surface area contributed by atoms with Crippen LogP contribution in [-0.4, -0.2) is 19.4 Å². The van der Waals surface area contributed by atoms with E-state index in [0.717, 1.165) is 31.4 Å². The van der Waals surface area contributed by atoms with Gasteiger partial charge in [-0.3, -0.25) is 0 Å². The average molecular weight is 139 g/mol. The van der Waals surface area contributed by atoms with E-state index in [2.05, 4.69) is 11.9 Å². The summed E-state index contributed by atoms with van der Waals surface area (Å²) < 4.78 is 0. The molecule has 0 aromatic heterocycles. The molecule has 2 nitrogen and oxygen atoms in total. The molecule has 2 heteroatoms. The van der Waals surface area contributed by atoms with Crippen LogP contribution in [0.1, 0.15) is 12.8 Å². The van der Waals surface area contributed by atoms with Gasteiger partial charge in [-0.25, -0.2) is 0 Å². The van der Waals surface area contributed by atoms with E-state index in [-0.39, 0.29) is 0 Å². The molecule has 0 saturated carbocycles. The van der Waals surface area contributed by atoms with Gasteiger partial charge >= 0.3 is 0 Å². The van der Waals surface area contributed by atoms with Crippen LogP contribution in [0.25, 0.3) is 0 Å². The number of hydrogen-bond acceptors (Lipinski definition) is 2. The van der Waals surface area contributed by atoms with Gasteiger partial charge in [0.05, 0.1) is 0 Å². The topological polar surface area (TPSA) is 29.1 Å². The second-order valence-electron chi connectivity index (χ2n) is 2.72. The summed E-state index contributed by atoms with van der Waals surface area (Å²) >= 11 is 0. The Kier molecular flexibility index (Phi) is 2.63. The lowest BCUT2D eigenvalue weighted by molar-refractivity contribution is -0.107. The Morgan fingerprint density at radius 1 is 1.80 bits per heavy atom. The van der Waals surface area contributed by atoms with Crippen LogP contribution in [0.15, 0.2) is 12.2 Å². The standard InChI is InChI=1S/C8H13NO/c1-7(3-5-10)8-2-4-9-6-8/h5,8-9H,1-4,6H2. The van der Waals surface area contributed by atoms with E-state index >= 15 is 0 Å². The highest BCUT2D eigenvalue weighted by atomic mass is 16.1. The first-order valence-corrected chi connectivity index (χ1v) is 3.66. The van der Waals surface area contributed by atoms with Crippen molar-refractivity contribution >= 4 is 6.29 Å². The first-order chi connectivity index (χ1) is 4.84. The van der Waals surface area contributed by atoms with Crippen LogP contribution < -0.4 is 5.32 Å². The molecule has 1 saturated heterocycles. The number of nitrogens with one attached hydrogen (secondary N) is 1. The highest BCUT2D eigenvalue weighted by Crippen LogP contribution is 2.17. The Morgan fingerprint density at radius 3 is 3.10 bits per heavy atom. The highest BCUT2D eigenvalue weighted by Gasteiger charge is 2.16. The van der Waals surface area contributed by atoms with Crippen LogP contribution in [0.4, 0.5) is 0 Å². The fourth-order valence-electron chi connectivity index (χ4n) is 1.28. The van der Waals surface area contributed by atoms with Gasteiger partial charge in [0, 0.05) is 13.0 Å². The fourth-order valence-corrected chi connectivity index (χ4v) is 1.28. The van der Waals surface area contributed by atoms with Crippen molar-refractivity contribution in [3.63, 3.8) is 0 Å². The molecule has 1 N–H and O–H groups in total. The number of aldehydes is 1. The van der Waals surface area contributed by atoms with Crippen molar-refractivity contribution in [2.45, 2.75) is 12.8 Å². The van der Waals surface area contributed by atoms with E-state index in [1.807, 2.05) is 0 Å². The number of rotatable bonds is 3. The molecule has 1 aliphatic heterocycles. The highest BCUT2D eigenvalue weighted by molar-refractivity contribution is 5.54. The van der Waals surface area contributed by atoms with Crippen LogP contribution in [0.3, 0.4) is 0 Å². The normalized spacial score (nSPS) is 24.6. The first kappa shape index (κ1) is 7.48. The Hall–Kier alpha value is -0.630. The van der Waals surface area contributed by atoms with Gasteiger partial charge < -0.3 is 10.1 Å². The van der Waals surface area contributed by atoms with E-state index in [0.29, 0.717) is 12.3 Å². The van der Waals surface area contributed by atoms with E-state index in [1.165, 1.54) is 0 Å². The number of hydrogen-bond donors (Lipinski definition) is 1. The largest absolute Gasteiger partial charge is 0.316 e. The molecule has 1 heterocycles. The first-order valence-electron chi connectivity index (χ1n) is 3.66. The quantitative estimate of drug-likeness (QED) is 0.461. The average Bonchev–Trinajstić information content (AvgIpc) is 2.38. The second-order valence-corrected chi connectivity index (χ2v) is 2.72. The van der Waals surface area contributed by atoms with Crippen LogP contribution in [0.5, 0.6) is 0 Å². The lowest BCUT2D eigenvalue weighted by Crippen LogP contribution is -2.10. The molecular weight excluding hydrogens is 126 g/mol. The molecule has 1 atom stereocenters. The van der Waals surface area contributed by atoms with E-state index in [4.69, 9.17) is 0 Å². The van der Waals surface area contributed by atoms with Crippen LogP contribution >= 0.6 is 0 Å². The zero-order chi connectivity index (χ0) is 7.40. The minimum atomic E-state index is 0.534. The van der Waals surface area contributed by atoms with Gasteiger partial charge in [-0.1, -0.05) is 12.2 Å². The summed E-state index contributed by atoms with van der Waals surface area (Å²) in [6.07, 6.45) is 2.61. The summed E-state index contributed by atoms with van der Waals surface area (Å²) in [5.74, 6) is 0.546. The van der Waals surface area contributed by atoms with Crippen molar-refractivity contribution in [2.24, 2.45) is 5.92 Å². The van der Waals surface area contributed by atoms with E-state index in [9.17, 15) is 4.79 Å². The van der Waals surface area contributed by atoms with Gasteiger partial charge in [0.1, 0.15) is 6.29 Å². The third kappa shape index (κ3) is 1.67. The van der Waals surface area contributed by atoms with Gasteiger partial charge in [-0.05, 0) is 18.9 Å². The molecule has 0 amide bonds. The van der Waals surface area contributed by atoms with Gasteiger partial charge in [0.15, 0.2) is 0 Å². The molecule has 0 spiro atoms. The Bertz CT molecular complexity index is 136. The van der Waals surface area contributed by atoms with Crippen molar-refractivity contribution in [1.29, 1.82) is 0 Å². The van der Waals surface area contributed by atoms with E-state index < -0.39 is 0 Å². The minimum absolute atomic E-state index is 0.534. The number of carbonyl (C=O) groups excluding carboxylic acids is 1. The minimum Gasteiger partial charge on any atom is -0.316 e. The molecule has 0 radical (unpaired) electrons. The van der Waals surface area contributed by atoms with Crippen molar-refractivity contribution < 1.29 is 4.79 Å². The zero-order valence-electron chi connectivity index (χ0n) is 6.10. The molecule has 0 bridgehead atoms. The maximum atomic E-state index is 10.1. The van der Waals surface area contributed by atoms with Gasteiger partial charge in [-0.15, -0.1) is 0 Å².